The van der Waals surface area contributed by atoms with E-state index >= 15 is 0 Å². The van der Waals surface area contributed by atoms with Gasteiger partial charge in [-0.05, 0) is 24.5 Å². The topological polar surface area (TPSA) is 29.1 Å². The zero-order chi connectivity index (χ0) is 9.26. The molecule has 0 radical (unpaired) electrons. The molecule has 0 bridgehead atoms. The molecule has 0 aromatic heterocycles. The maximum Gasteiger partial charge on any atom is 0.227 e. The molecule has 13 heavy (non-hydrogen) atoms. The molecule has 2 rings (SSSR count). The van der Waals surface area contributed by atoms with Crippen LogP contribution < -0.4 is 5.32 Å². The van der Waals surface area contributed by atoms with Crippen molar-refractivity contribution in [1.29, 1.82) is 0 Å². The van der Waals surface area contributed by atoms with Crippen LogP contribution in [0, 0.1) is 11.8 Å². The summed E-state index contributed by atoms with van der Waals surface area (Å²) in [6, 6.07) is 9.60. The Morgan fingerprint density at radius 2 is 2.00 bits per heavy atom. The lowest BCUT2D eigenvalue weighted by atomic mass is 10.3. The maximum absolute atomic E-state index is 11.5. The predicted octanol–water partition coefficient (Wildman–Crippen LogP) is 2.28. The number of anilines is 1. The highest BCUT2D eigenvalue weighted by atomic mass is 16.2. The first-order valence-corrected chi connectivity index (χ1v) is 4.63. The van der Waals surface area contributed by atoms with E-state index in [-0.39, 0.29) is 11.8 Å². The molecule has 0 spiro atoms. The largest absolute Gasteiger partial charge is 0.326 e. The molecule has 0 heterocycles. The molecule has 2 unspecified atom stereocenters. The molecule has 1 N–H and O–H groups in total. The minimum absolute atomic E-state index is 0.165. The molecule has 1 amide bonds. The molecule has 2 nitrogen and oxygen atoms in total. The molecule has 1 aliphatic carbocycles. The third kappa shape index (κ3) is 1.89. The molecule has 1 saturated carbocycles. The van der Waals surface area contributed by atoms with Crippen molar-refractivity contribution >= 4 is 11.6 Å². The lowest BCUT2D eigenvalue weighted by Crippen LogP contribution is -2.14. The Labute approximate surface area is 78.0 Å². The van der Waals surface area contributed by atoms with Crippen LogP contribution in [0.25, 0.3) is 0 Å². The molecule has 1 fully saturated rings. The summed E-state index contributed by atoms with van der Waals surface area (Å²) in [5.74, 6) is 0.989. The normalized spacial score (nSPS) is 25.3. The van der Waals surface area contributed by atoms with Gasteiger partial charge < -0.3 is 5.32 Å². The number of nitrogens with one attached hydrogen (secondary N) is 1. The van der Waals surface area contributed by atoms with E-state index in [0.29, 0.717) is 5.92 Å². The van der Waals surface area contributed by atoms with Crippen LogP contribution in [0.5, 0.6) is 0 Å². The Morgan fingerprint density at radius 1 is 1.38 bits per heavy atom. The highest BCUT2D eigenvalue weighted by Crippen LogP contribution is 2.38. The fourth-order valence-electron chi connectivity index (χ4n) is 1.44. The summed E-state index contributed by atoms with van der Waals surface area (Å²) in [5.41, 5.74) is 0.895. The van der Waals surface area contributed by atoms with E-state index in [1.807, 2.05) is 30.3 Å². The van der Waals surface area contributed by atoms with Crippen LogP contribution in [0.3, 0.4) is 0 Å². The Hall–Kier alpha value is -1.31. The van der Waals surface area contributed by atoms with Crippen LogP contribution >= 0.6 is 0 Å². The van der Waals surface area contributed by atoms with Crippen molar-refractivity contribution in [3.63, 3.8) is 0 Å². The fourth-order valence-corrected chi connectivity index (χ4v) is 1.44. The third-order valence-electron chi connectivity index (χ3n) is 2.49. The summed E-state index contributed by atoms with van der Waals surface area (Å²) in [6.45, 7) is 2.11. The predicted molar refractivity (Wildman–Crippen MR) is 52.3 cm³/mol. The van der Waals surface area contributed by atoms with Crippen LogP contribution in [0.1, 0.15) is 13.3 Å². The van der Waals surface area contributed by atoms with Crippen molar-refractivity contribution in [1.82, 2.24) is 0 Å². The van der Waals surface area contributed by atoms with Gasteiger partial charge in [0.15, 0.2) is 0 Å². The molecule has 1 aromatic carbocycles. The minimum atomic E-state index is 0.165. The van der Waals surface area contributed by atoms with Gasteiger partial charge in [0.2, 0.25) is 5.91 Å². The molecular weight excluding hydrogens is 162 g/mol. The van der Waals surface area contributed by atoms with E-state index in [1.165, 1.54) is 0 Å². The molecule has 68 valence electrons. The number of para-hydroxylation sites is 1. The molecule has 1 aliphatic rings. The number of carbonyl (C=O) groups is 1. The highest BCUT2D eigenvalue weighted by Gasteiger charge is 2.38. The second-order valence-electron chi connectivity index (χ2n) is 3.67. The van der Waals surface area contributed by atoms with Gasteiger partial charge in [-0.3, -0.25) is 4.79 Å². The number of benzene rings is 1. The molecule has 0 saturated heterocycles. The van der Waals surface area contributed by atoms with E-state index in [0.717, 1.165) is 12.1 Å². The van der Waals surface area contributed by atoms with Gasteiger partial charge in [-0.1, -0.05) is 25.1 Å². The van der Waals surface area contributed by atoms with Crippen LogP contribution in [0.2, 0.25) is 0 Å². The second kappa shape index (κ2) is 3.21. The lowest BCUT2D eigenvalue weighted by Gasteiger charge is -2.02. The van der Waals surface area contributed by atoms with Crippen LogP contribution in [-0.4, -0.2) is 5.91 Å². The van der Waals surface area contributed by atoms with E-state index < -0.39 is 0 Å². The first kappa shape index (κ1) is 8.30. The number of hydrogen-bond donors (Lipinski definition) is 1. The summed E-state index contributed by atoms with van der Waals surface area (Å²) in [6.07, 6.45) is 1.04. The smallest absolute Gasteiger partial charge is 0.227 e. The Bertz CT molecular complexity index is 307. The minimum Gasteiger partial charge on any atom is -0.326 e. The van der Waals surface area contributed by atoms with Crippen LogP contribution in [-0.2, 0) is 4.79 Å². The molecule has 0 aliphatic heterocycles. The monoisotopic (exact) mass is 175 g/mol. The van der Waals surface area contributed by atoms with Gasteiger partial charge in [0.25, 0.3) is 0 Å². The summed E-state index contributed by atoms with van der Waals surface area (Å²) >= 11 is 0. The maximum atomic E-state index is 11.5. The Morgan fingerprint density at radius 3 is 2.54 bits per heavy atom. The van der Waals surface area contributed by atoms with Crippen molar-refractivity contribution in [2.45, 2.75) is 13.3 Å². The first-order valence-electron chi connectivity index (χ1n) is 4.63. The van der Waals surface area contributed by atoms with E-state index in [1.54, 1.807) is 0 Å². The average molecular weight is 175 g/mol. The zero-order valence-electron chi connectivity index (χ0n) is 7.66. The van der Waals surface area contributed by atoms with Gasteiger partial charge in [0.1, 0.15) is 0 Å². The number of rotatable bonds is 2. The van der Waals surface area contributed by atoms with Crippen molar-refractivity contribution in [2.75, 3.05) is 5.32 Å². The molecule has 2 heteroatoms. The van der Waals surface area contributed by atoms with E-state index in [4.69, 9.17) is 0 Å². The Balaban J connectivity index is 1.95. The van der Waals surface area contributed by atoms with E-state index in [9.17, 15) is 4.79 Å². The number of hydrogen-bond acceptors (Lipinski definition) is 1. The van der Waals surface area contributed by atoms with Crippen molar-refractivity contribution in [3.8, 4) is 0 Å². The van der Waals surface area contributed by atoms with Crippen LogP contribution in [0.15, 0.2) is 30.3 Å². The standard InChI is InChI=1S/C11H13NO/c1-8-7-10(8)11(13)12-9-5-3-2-4-6-9/h2-6,8,10H,7H2,1H3,(H,12,13). The highest BCUT2D eigenvalue weighted by molar-refractivity contribution is 5.94. The van der Waals surface area contributed by atoms with E-state index in [2.05, 4.69) is 12.2 Å². The van der Waals surface area contributed by atoms with Gasteiger partial charge in [-0.25, -0.2) is 0 Å². The van der Waals surface area contributed by atoms with Crippen molar-refractivity contribution in [2.24, 2.45) is 11.8 Å². The molecule has 1 aromatic rings. The SMILES string of the molecule is CC1CC1C(=O)Nc1ccccc1. The molecule has 2 atom stereocenters. The number of carbonyl (C=O) groups excluding carboxylic acids is 1. The molecular formula is C11H13NO. The quantitative estimate of drug-likeness (QED) is 0.734. The summed E-state index contributed by atoms with van der Waals surface area (Å²) in [7, 11) is 0. The lowest BCUT2D eigenvalue weighted by molar-refractivity contribution is -0.117. The van der Waals surface area contributed by atoms with Gasteiger partial charge in [0.05, 0.1) is 0 Å². The fraction of sp³-hybridized carbons (Fsp3) is 0.364. The Kier molecular flexibility index (Phi) is 2.05. The summed E-state index contributed by atoms with van der Waals surface area (Å²) in [4.78, 5) is 11.5. The van der Waals surface area contributed by atoms with Gasteiger partial charge >= 0.3 is 0 Å². The van der Waals surface area contributed by atoms with Gasteiger partial charge in [-0.2, -0.15) is 0 Å². The average Bonchev–Trinajstić information content (AvgIpc) is 2.84. The van der Waals surface area contributed by atoms with Gasteiger partial charge in [-0.15, -0.1) is 0 Å². The van der Waals surface area contributed by atoms with Crippen LogP contribution in [0.4, 0.5) is 5.69 Å². The van der Waals surface area contributed by atoms with Crippen molar-refractivity contribution in [3.05, 3.63) is 30.3 Å². The first-order chi connectivity index (χ1) is 6.27. The van der Waals surface area contributed by atoms with Crippen molar-refractivity contribution < 1.29 is 4.79 Å². The summed E-state index contributed by atoms with van der Waals surface area (Å²) < 4.78 is 0. The van der Waals surface area contributed by atoms with Gasteiger partial charge in [0, 0.05) is 11.6 Å². The second-order valence-corrected chi connectivity index (χ2v) is 3.67. The number of amides is 1. The zero-order valence-corrected chi connectivity index (χ0v) is 7.66. The third-order valence-corrected chi connectivity index (χ3v) is 2.49. The summed E-state index contributed by atoms with van der Waals surface area (Å²) in [5, 5.41) is 2.90.